The molecule has 0 aromatic heterocycles. The fraction of sp³-hybridized carbons (Fsp3) is 0.909. The van der Waals surface area contributed by atoms with E-state index in [9.17, 15) is 4.79 Å². The highest BCUT2D eigenvalue weighted by Crippen LogP contribution is 2.32. The Bertz CT molecular complexity index is 193. The van der Waals surface area contributed by atoms with Crippen molar-refractivity contribution in [2.75, 3.05) is 19.8 Å². The average Bonchev–Trinajstić information content (AvgIpc) is 3.05. The van der Waals surface area contributed by atoms with E-state index in [4.69, 9.17) is 10.5 Å². The zero-order valence-electron chi connectivity index (χ0n) is 9.50. The van der Waals surface area contributed by atoms with E-state index < -0.39 is 0 Å². The molecule has 15 heavy (non-hydrogen) atoms. The minimum atomic E-state index is 0.108. The van der Waals surface area contributed by atoms with E-state index in [0.29, 0.717) is 25.5 Å². The smallest absolute Gasteiger partial charge is 0.220 e. The third-order valence-corrected chi connectivity index (χ3v) is 2.69. The van der Waals surface area contributed by atoms with Gasteiger partial charge >= 0.3 is 0 Å². The maximum Gasteiger partial charge on any atom is 0.220 e. The summed E-state index contributed by atoms with van der Waals surface area (Å²) in [6.45, 7) is 3.90. The van der Waals surface area contributed by atoms with Crippen LogP contribution in [0.1, 0.15) is 32.6 Å². The summed E-state index contributed by atoms with van der Waals surface area (Å²) in [5.41, 5.74) is 5.60. The summed E-state index contributed by atoms with van der Waals surface area (Å²) in [5.74, 6) is 0.739. The highest BCUT2D eigenvalue weighted by atomic mass is 16.5. The van der Waals surface area contributed by atoms with Crippen molar-refractivity contribution in [2.45, 2.75) is 38.6 Å². The van der Waals surface area contributed by atoms with Crippen molar-refractivity contribution in [3.05, 3.63) is 0 Å². The second-order valence-electron chi connectivity index (χ2n) is 4.05. The SMILES string of the molecule is CCOCCCC(=O)NC(CN)C1CC1. The second-order valence-corrected chi connectivity index (χ2v) is 4.05. The van der Waals surface area contributed by atoms with Crippen molar-refractivity contribution in [3.63, 3.8) is 0 Å². The molecule has 1 atom stereocenters. The van der Waals surface area contributed by atoms with Gasteiger partial charge in [0.25, 0.3) is 0 Å². The predicted molar refractivity (Wildman–Crippen MR) is 59.4 cm³/mol. The van der Waals surface area contributed by atoms with E-state index in [-0.39, 0.29) is 11.9 Å². The summed E-state index contributed by atoms with van der Waals surface area (Å²) < 4.78 is 5.17. The van der Waals surface area contributed by atoms with E-state index in [0.717, 1.165) is 13.0 Å². The highest BCUT2D eigenvalue weighted by Gasteiger charge is 2.30. The van der Waals surface area contributed by atoms with Crippen LogP contribution in [0.5, 0.6) is 0 Å². The van der Waals surface area contributed by atoms with Gasteiger partial charge in [-0.3, -0.25) is 4.79 Å². The van der Waals surface area contributed by atoms with Crippen LogP contribution in [0.15, 0.2) is 0 Å². The van der Waals surface area contributed by atoms with Gasteiger partial charge in [0.1, 0.15) is 0 Å². The van der Waals surface area contributed by atoms with Crippen LogP contribution in [0, 0.1) is 5.92 Å². The van der Waals surface area contributed by atoms with Gasteiger partial charge in [0, 0.05) is 32.2 Å². The van der Waals surface area contributed by atoms with E-state index in [1.54, 1.807) is 0 Å². The zero-order valence-corrected chi connectivity index (χ0v) is 9.50. The molecule has 1 aliphatic rings. The topological polar surface area (TPSA) is 64.3 Å². The number of hydrogen-bond donors (Lipinski definition) is 2. The summed E-state index contributed by atoms with van der Waals surface area (Å²) in [4.78, 5) is 11.5. The summed E-state index contributed by atoms with van der Waals surface area (Å²) in [6.07, 6.45) is 3.76. The van der Waals surface area contributed by atoms with Crippen LogP contribution in [0.2, 0.25) is 0 Å². The molecule has 0 aromatic carbocycles. The van der Waals surface area contributed by atoms with Gasteiger partial charge in [-0.2, -0.15) is 0 Å². The number of amides is 1. The van der Waals surface area contributed by atoms with E-state index in [1.165, 1.54) is 12.8 Å². The van der Waals surface area contributed by atoms with E-state index in [2.05, 4.69) is 5.32 Å². The molecule has 1 aliphatic carbocycles. The lowest BCUT2D eigenvalue weighted by Crippen LogP contribution is -2.41. The first-order chi connectivity index (χ1) is 7.27. The lowest BCUT2D eigenvalue weighted by molar-refractivity contribution is -0.122. The summed E-state index contributed by atoms with van der Waals surface area (Å²) in [6, 6.07) is 0.199. The molecule has 1 fully saturated rings. The third-order valence-electron chi connectivity index (χ3n) is 2.69. The average molecular weight is 214 g/mol. The van der Waals surface area contributed by atoms with Gasteiger partial charge in [-0.1, -0.05) is 0 Å². The molecule has 0 saturated heterocycles. The number of carbonyl (C=O) groups excluding carboxylic acids is 1. The first kappa shape index (κ1) is 12.5. The molecule has 1 saturated carbocycles. The van der Waals surface area contributed by atoms with Gasteiger partial charge in [-0.25, -0.2) is 0 Å². The molecule has 0 radical (unpaired) electrons. The van der Waals surface area contributed by atoms with Gasteiger partial charge in [0.05, 0.1) is 0 Å². The minimum absolute atomic E-state index is 0.108. The van der Waals surface area contributed by atoms with Crippen molar-refractivity contribution in [1.29, 1.82) is 0 Å². The number of nitrogens with one attached hydrogen (secondary N) is 1. The fourth-order valence-electron chi connectivity index (χ4n) is 1.63. The van der Waals surface area contributed by atoms with Crippen LogP contribution in [0.4, 0.5) is 0 Å². The summed E-state index contributed by atoms with van der Waals surface area (Å²) in [5, 5.41) is 2.99. The van der Waals surface area contributed by atoms with Gasteiger partial charge in [0.15, 0.2) is 0 Å². The zero-order chi connectivity index (χ0) is 11.1. The number of ether oxygens (including phenoxy) is 1. The Morgan fingerprint density at radius 1 is 1.60 bits per heavy atom. The van der Waals surface area contributed by atoms with Gasteiger partial charge < -0.3 is 15.8 Å². The van der Waals surface area contributed by atoms with Gasteiger partial charge in [-0.15, -0.1) is 0 Å². The maximum absolute atomic E-state index is 11.5. The largest absolute Gasteiger partial charge is 0.382 e. The quantitative estimate of drug-likeness (QED) is 0.583. The Morgan fingerprint density at radius 2 is 2.33 bits per heavy atom. The molecule has 0 aromatic rings. The number of nitrogens with two attached hydrogens (primary N) is 1. The lowest BCUT2D eigenvalue weighted by Gasteiger charge is -2.15. The first-order valence-electron chi connectivity index (χ1n) is 5.85. The molecular formula is C11H22N2O2. The molecule has 1 amide bonds. The van der Waals surface area contributed by atoms with E-state index >= 15 is 0 Å². The monoisotopic (exact) mass is 214 g/mol. The molecular weight excluding hydrogens is 192 g/mol. The van der Waals surface area contributed by atoms with Crippen LogP contribution < -0.4 is 11.1 Å². The lowest BCUT2D eigenvalue weighted by atomic mass is 10.2. The highest BCUT2D eigenvalue weighted by molar-refractivity contribution is 5.76. The Morgan fingerprint density at radius 3 is 2.87 bits per heavy atom. The molecule has 0 bridgehead atoms. The molecule has 4 heteroatoms. The Balaban J connectivity index is 2.05. The van der Waals surface area contributed by atoms with Crippen LogP contribution >= 0.6 is 0 Å². The van der Waals surface area contributed by atoms with Gasteiger partial charge in [-0.05, 0) is 32.1 Å². The maximum atomic E-state index is 11.5. The molecule has 3 N–H and O–H groups in total. The standard InChI is InChI=1S/C11H22N2O2/c1-2-15-7-3-4-11(14)13-10(8-12)9-5-6-9/h9-10H,2-8,12H2,1H3,(H,13,14). The van der Waals surface area contributed by atoms with Crippen LogP contribution in [-0.4, -0.2) is 31.7 Å². The molecule has 0 aliphatic heterocycles. The molecule has 0 heterocycles. The molecule has 0 spiro atoms. The number of rotatable bonds is 8. The summed E-state index contributed by atoms with van der Waals surface area (Å²) >= 11 is 0. The Hall–Kier alpha value is -0.610. The molecule has 88 valence electrons. The van der Waals surface area contributed by atoms with Crippen molar-refractivity contribution < 1.29 is 9.53 Å². The summed E-state index contributed by atoms with van der Waals surface area (Å²) in [7, 11) is 0. The molecule has 1 unspecified atom stereocenters. The fourth-order valence-corrected chi connectivity index (χ4v) is 1.63. The molecule has 1 rings (SSSR count). The van der Waals surface area contributed by atoms with Crippen molar-refractivity contribution in [3.8, 4) is 0 Å². The minimum Gasteiger partial charge on any atom is -0.382 e. The predicted octanol–water partition coefficient (Wildman–Crippen LogP) is 0.657. The Kier molecular flexibility index (Phi) is 5.65. The van der Waals surface area contributed by atoms with Crippen molar-refractivity contribution in [2.24, 2.45) is 11.7 Å². The van der Waals surface area contributed by atoms with Crippen molar-refractivity contribution in [1.82, 2.24) is 5.32 Å². The Labute approximate surface area is 91.5 Å². The normalized spacial score (nSPS) is 17.5. The number of hydrogen-bond acceptors (Lipinski definition) is 3. The van der Waals surface area contributed by atoms with Crippen LogP contribution in [-0.2, 0) is 9.53 Å². The first-order valence-corrected chi connectivity index (χ1v) is 5.85. The van der Waals surface area contributed by atoms with Gasteiger partial charge in [0.2, 0.25) is 5.91 Å². The second kappa shape index (κ2) is 6.80. The number of carbonyl (C=O) groups is 1. The van der Waals surface area contributed by atoms with E-state index in [1.807, 2.05) is 6.92 Å². The molecule has 4 nitrogen and oxygen atoms in total. The van der Waals surface area contributed by atoms with Crippen molar-refractivity contribution >= 4 is 5.91 Å². The van der Waals surface area contributed by atoms with Crippen LogP contribution in [0.3, 0.4) is 0 Å². The van der Waals surface area contributed by atoms with Crippen LogP contribution in [0.25, 0.3) is 0 Å². The third kappa shape index (κ3) is 5.14.